The number of hydrogen-bond acceptors (Lipinski definition) is 8. The second-order valence-corrected chi connectivity index (χ2v) is 9.68. The van der Waals surface area contributed by atoms with Crippen molar-refractivity contribution in [2.24, 2.45) is 14.1 Å². The number of anilines is 2. The Bertz CT molecular complexity index is 1680. The van der Waals surface area contributed by atoms with Crippen LogP contribution in [0.1, 0.15) is 6.42 Å². The third-order valence-electron chi connectivity index (χ3n) is 7.33. The number of carbonyl (C=O) groups is 2. The smallest absolute Gasteiger partial charge is 0.332 e. The predicted octanol–water partition coefficient (Wildman–Crippen LogP) is 1.21. The molecule has 0 aliphatic carbocycles. The van der Waals surface area contributed by atoms with Crippen LogP contribution < -0.4 is 25.8 Å². The molecule has 4 aromatic rings. The summed E-state index contributed by atoms with van der Waals surface area (Å²) in [7, 11) is 3.00. The Morgan fingerprint density at radius 2 is 1.51 bits per heavy atom. The molecular formula is C27H27N7O5. The first-order valence-electron chi connectivity index (χ1n) is 12.7. The fourth-order valence-corrected chi connectivity index (χ4v) is 5.17. The molecule has 2 amide bonds. The first-order valence-corrected chi connectivity index (χ1v) is 12.7. The van der Waals surface area contributed by atoms with Gasteiger partial charge in [-0.3, -0.25) is 28.4 Å². The van der Waals surface area contributed by atoms with E-state index in [0.29, 0.717) is 55.0 Å². The van der Waals surface area contributed by atoms with Crippen molar-refractivity contribution in [3.05, 3.63) is 75.4 Å². The van der Waals surface area contributed by atoms with Gasteiger partial charge in [-0.1, -0.05) is 18.2 Å². The first kappa shape index (κ1) is 24.6. The van der Waals surface area contributed by atoms with Crippen LogP contribution in [0, 0.1) is 0 Å². The lowest BCUT2D eigenvalue weighted by atomic mass is 10.2. The highest BCUT2D eigenvalue weighted by molar-refractivity contribution is 6.22. The van der Waals surface area contributed by atoms with Gasteiger partial charge in [0.15, 0.2) is 11.2 Å². The molecule has 2 fully saturated rings. The molecule has 2 aromatic carbocycles. The SMILES string of the molecule is Cn1c(=O)c2[nH]c(N3CCN(C4CC(=O)N(c5ccc(Oc6ccccc6)cc5)C4=O)CC3)nc2n(C)c1=O. The van der Waals surface area contributed by atoms with Crippen LogP contribution in [0.5, 0.6) is 11.5 Å². The molecule has 2 saturated heterocycles. The van der Waals surface area contributed by atoms with E-state index in [1.54, 1.807) is 31.3 Å². The van der Waals surface area contributed by atoms with Crippen LogP contribution in [0.3, 0.4) is 0 Å². The first-order chi connectivity index (χ1) is 18.8. The highest BCUT2D eigenvalue weighted by Gasteiger charge is 2.43. The third-order valence-corrected chi connectivity index (χ3v) is 7.33. The molecule has 1 atom stereocenters. The molecule has 0 bridgehead atoms. The summed E-state index contributed by atoms with van der Waals surface area (Å²) >= 11 is 0. The van der Waals surface area contributed by atoms with Gasteiger partial charge in [-0.05, 0) is 36.4 Å². The van der Waals surface area contributed by atoms with Crippen LogP contribution in [0.25, 0.3) is 11.2 Å². The number of rotatable bonds is 5. The van der Waals surface area contributed by atoms with Crippen LogP contribution in [0.2, 0.25) is 0 Å². The number of amides is 2. The van der Waals surface area contributed by atoms with Gasteiger partial charge in [0, 0.05) is 40.3 Å². The van der Waals surface area contributed by atoms with E-state index in [1.807, 2.05) is 40.1 Å². The average Bonchev–Trinajstić information content (AvgIpc) is 3.53. The number of aromatic nitrogens is 4. The second-order valence-electron chi connectivity index (χ2n) is 9.68. The highest BCUT2D eigenvalue weighted by Crippen LogP contribution is 2.29. The molecule has 0 radical (unpaired) electrons. The van der Waals surface area contributed by atoms with Gasteiger partial charge in [-0.25, -0.2) is 9.69 Å². The van der Waals surface area contributed by atoms with E-state index in [1.165, 1.54) is 16.5 Å². The third kappa shape index (κ3) is 4.28. The molecular weight excluding hydrogens is 502 g/mol. The Labute approximate surface area is 222 Å². The minimum Gasteiger partial charge on any atom is -0.457 e. The van der Waals surface area contributed by atoms with E-state index >= 15 is 0 Å². The normalized spacial score (nSPS) is 18.4. The summed E-state index contributed by atoms with van der Waals surface area (Å²) in [5.41, 5.74) is 0.210. The van der Waals surface area contributed by atoms with Crippen molar-refractivity contribution < 1.29 is 14.3 Å². The molecule has 12 heteroatoms. The fourth-order valence-electron chi connectivity index (χ4n) is 5.17. The van der Waals surface area contributed by atoms with Gasteiger partial charge in [-0.15, -0.1) is 0 Å². The van der Waals surface area contributed by atoms with Gasteiger partial charge >= 0.3 is 5.69 Å². The quantitative estimate of drug-likeness (QED) is 0.383. The summed E-state index contributed by atoms with van der Waals surface area (Å²) in [5, 5.41) is 0. The average molecular weight is 530 g/mol. The van der Waals surface area contributed by atoms with Gasteiger partial charge in [0.1, 0.15) is 11.5 Å². The van der Waals surface area contributed by atoms with Gasteiger partial charge in [-0.2, -0.15) is 4.98 Å². The lowest BCUT2D eigenvalue weighted by Crippen LogP contribution is -2.52. The zero-order chi connectivity index (χ0) is 27.3. The van der Waals surface area contributed by atoms with Gasteiger partial charge < -0.3 is 14.6 Å². The van der Waals surface area contributed by atoms with E-state index in [9.17, 15) is 19.2 Å². The van der Waals surface area contributed by atoms with Crippen molar-refractivity contribution in [1.82, 2.24) is 24.0 Å². The number of hydrogen-bond donors (Lipinski definition) is 1. The van der Waals surface area contributed by atoms with Crippen LogP contribution in [-0.2, 0) is 23.7 Å². The standard InChI is InChI=1S/C27H27N7O5/c1-30-23-22(25(37)31(2)27(30)38)28-26(29-23)33-14-12-32(13-15-33)20-16-21(35)34(24(20)36)17-8-10-19(11-9-17)39-18-6-4-3-5-7-18/h3-11,20H,12-16H2,1-2H3,(H,28,29). The Morgan fingerprint density at radius 1 is 0.846 bits per heavy atom. The topological polar surface area (TPSA) is 126 Å². The van der Waals surface area contributed by atoms with Crippen molar-refractivity contribution in [3.8, 4) is 11.5 Å². The minimum atomic E-state index is -0.538. The molecule has 39 heavy (non-hydrogen) atoms. The van der Waals surface area contributed by atoms with E-state index in [-0.39, 0.29) is 23.8 Å². The second kappa shape index (κ2) is 9.55. The van der Waals surface area contributed by atoms with Crippen LogP contribution in [-0.4, -0.2) is 68.0 Å². The monoisotopic (exact) mass is 529 g/mol. The number of fused-ring (bicyclic) bond motifs is 1. The Morgan fingerprint density at radius 3 is 2.21 bits per heavy atom. The van der Waals surface area contributed by atoms with E-state index in [0.717, 1.165) is 4.57 Å². The number of aryl methyl sites for hydroxylation is 1. The van der Waals surface area contributed by atoms with Crippen LogP contribution >= 0.6 is 0 Å². The molecule has 1 N–H and O–H groups in total. The number of aromatic amines is 1. The van der Waals surface area contributed by atoms with Crippen molar-refractivity contribution in [2.75, 3.05) is 36.0 Å². The van der Waals surface area contributed by atoms with Gasteiger partial charge in [0.05, 0.1) is 18.2 Å². The van der Waals surface area contributed by atoms with Crippen molar-refractivity contribution in [1.29, 1.82) is 0 Å². The summed E-state index contributed by atoms with van der Waals surface area (Å²) in [6.45, 7) is 2.15. The molecule has 12 nitrogen and oxygen atoms in total. The molecule has 4 heterocycles. The Hall–Kier alpha value is -4.71. The number of nitrogens with zero attached hydrogens (tertiary/aromatic N) is 6. The molecule has 2 aliphatic rings. The largest absolute Gasteiger partial charge is 0.457 e. The number of imidazole rings is 1. The zero-order valence-corrected chi connectivity index (χ0v) is 21.5. The number of benzene rings is 2. The number of ether oxygens (including phenoxy) is 1. The number of nitrogens with one attached hydrogen (secondary N) is 1. The van der Waals surface area contributed by atoms with Crippen molar-refractivity contribution >= 4 is 34.6 Å². The van der Waals surface area contributed by atoms with Crippen molar-refractivity contribution in [2.45, 2.75) is 12.5 Å². The Balaban J connectivity index is 1.13. The summed E-state index contributed by atoms with van der Waals surface area (Å²) in [6.07, 6.45) is 0.115. The van der Waals surface area contributed by atoms with Crippen LogP contribution in [0.15, 0.2) is 64.2 Å². The lowest BCUT2D eigenvalue weighted by Gasteiger charge is -2.36. The van der Waals surface area contributed by atoms with Gasteiger partial charge in [0.25, 0.3) is 11.5 Å². The number of H-pyrrole nitrogens is 1. The van der Waals surface area contributed by atoms with E-state index < -0.39 is 17.3 Å². The fraction of sp³-hybridized carbons (Fsp3) is 0.296. The summed E-state index contributed by atoms with van der Waals surface area (Å²) < 4.78 is 8.19. The molecule has 6 rings (SSSR count). The predicted molar refractivity (Wildman–Crippen MR) is 144 cm³/mol. The van der Waals surface area contributed by atoms with Gasteiger partial charge in [0.2, 0.25) is 11.9 Å². The van der Waals surface area contributed by atoms with Crippen molar-refractivity contribution in [3.63, 3.8) is 0 Å². The summed E-state index contributed by atoms with van der Waals surface area (Å²) in [5.74, 6) is 1.33. The maximum absolute atomic E-state index is 13.3. The summed E-state index contributed by atoms with van der Waals surface area (Å²) in [4.78, 5) is 63.7. The van der Waals surface area contributed by atoms with Crippen LogP contribution in [0.4, 0.5) is 11.6 Å². The minimum absolute atomic E-state index is 0.115. The van der Waals surface area contributed by atoms with E-state index in [2.05, 4.69) is 9.97 Å². The highest BCUT2D eigenvalue weighted by atomic mass is 16.5. The zero-order valence-electron chi connectivity index (χ0n) is 21.5. The molecule has 0 spiro atoms. The number of imide groups is 1. The lowest BCUT2D eigenvalue weighted by molar-refractivity contribution is -0.123. The maximum atomic E-state index is 13.3. The molecule has 0 saturated carbocycles. The molecule has 200 valence electrons. The summed E-state index contributed by atoms with van der Waals surface area (Å²) in [6, 6.07) is 15.7. The number of carbonyl (C=O) groups excluding carboxylic acids is 2. The maximum Gasteiger partial charge on any atom is 0.332 e. The Kier molecular flexibility index (Phi) is 6.03. The molecule has 2 aromatic heterocycles. The molecule has 1 unspecified atom stereocenters. The van der Waals surface area contributed by atoms with E-state index in [4.69, 9.17) is 4.74 Å². The number of para-hydroxylation sites is 1. The number of piperazine rings is 1. The molecule has 2 aliphatic heterocycles.